The minimum atomic E-state index is -0.288. The van der Waals surface area contributed by atoms with Crippen LogP contribution >= 0.6 is 11.3 Å². The van der Waals surface area contributed by atoms with Crippen molar-refractivity contribution in [2.75, 3.05) is 23.4 Å². The fourth-order valence-electron chi connectivity index (χ4n) is 4.22. The number of anilines is 2. The Kier molecular flexibility index (Phi) is 5.63. The minimum Gasteiger partial charge on any atom is -0.482 e. The Bertz CT molecular complexity index is 1590. The van der Waals surface area contributed by atoms with Crippen LogP contribution in [0.4, 0.5) is 11.4 Å². The number of carbonyl (C=O) groups excluding carboxylic acids is 2. The Balaban J connectivity index is 1.27. The van der Waals surface area contributed by atoms with Gasteiger partial charge in [0.1, 0.15) is 17.3 Å². The number of carbonyl (C=O) groups is 2. The van der Waals surface area contributed by atoms with Gasteiger partial charge in [-0.15, -0.1) is 11.3 Å². The highest BCUT2D eigenvalue weighted by Crippen LogP contribution is 2.37. The first-order valence-corrected chi connectivity index (χ1v) is 12.3. The smallest absolute Gasteiger partial charge is 0.265 e. The van der Waals surface area contributed by atoms with Crippen molar-refractivity contribution in [2.45, 2.75) is 0 Å². The molecule has 0 saturated carbocycles. The van der Waals surface area contributed by atoms with Crippen LogP contribution in [-0.4, -0.2) is 34.9 Å². The molecule has 7 nitrogen and oxygen atoms in total. The number of hydrogen-bond donors (Lipinski definition) is 1. The molecule has 0 fully saturated rings. The van der Waals surface area contributed by atoms with Gasteiger partial charge in [-0.25, -0.2) is 4.98 Å². The molecule has 0 spiro atoms. The number of benzene rings is 3. The molecule has 5 aromatic rings. The highest BCUT2D eigenvalue weighted by molar-refractivity contribution is 7.13. The molecule has 0 atom stereocenters. The summed E-state index contributed by atoms with van der Waals surface area (Å²) < 4.78 is 5.64. The summed E-state index contributed by atoms with van der Waals surface area (Å²) in [4.78, 5) is 36.4. The van der Waals surface area contributed by atoms with Crippen LogP contribution in [0.15, 0.2) is 90.4 Å². The van der Waals surface area contributed by atoms with E-state index in [1.54, 1.807) is 6.20 Å². The SMILES string of the molecule is O=C(CN1C(=O)COc2ccc(-c3csc(-c4ccccn4)n3)cc21)Nc1cccc2ccccc12. The van der Waals surface area contributed by atoms with Gasteiger partial charge in [-0.1, -0.05) is 42.5 Å². The first-order chi connectivity index (χ1) is 17.7. The lowest BCUT2D eigenvalue weighted by molar-refractivity contribution is -0.123. The predicted molar refractivity (Wildman–Crippen MR) is 141 cm³/mol. The molecule has 36 heavy (non-hydrogen) atoms. The van der Waals surface area contributed by atoms with Crippen LogP contribution in [0.1, 0.15) is 0 Å². The Labute approximate surface area is 211 Å². The average Bonchev–Trinajstić information content (AvgIpc) is 3.41. The first kappa shape index (κ1) is 21.9. The van der Waals surface area contributed by atoms with Crippen molar-refractivity contribution >= 4 is 45.3 Å². The molecule has 0 aliphatic carbocycles. The molecule has 2 aromatic heterocycles. The van der Waals surface area contributed by atoms with Gasteiger partial charge in [0, 0.05) is 28.2 Å². The summed E-state index contributed by atoms with van der Waals surface area (Å²) in [5.74, 6) is -0.0132. The van der Waals surface area contributed by atoms with Gasteiger partial charge in [-0.05, 0) is 41.8 Å². The van der Waals surface area contributed by atoms with Crippen LogP contribution in [-0.2, 0) is 9.59 Å². The number of nitrogens with zero attached hydrogens (tertiary/aromatic N) is 3. The van der Waals surface area contributed by atoms with E-state index in [1.807, 2.05) is 84.2 Å². The van der Waals surface area contributed by atoms with Crippen molar-refractivity contribution in [3.8, 4) is 27.7 Å². The maximum atomic E-state index is 13.0. The van der Waals surface area contributed by atoms with E-state index in [4.69, 9.17) is 9.72 Å². The normalized spacial score (nSPS) is 12.8. The maximum Gasteiger partial charge on any atom is 0.265 e. The van der Waals surface area contributed by atoms with Crippen molar-refractivity contribution in [3.63, 3.8) is 0 Å². The second-order valence-corrected chi connectivity index (χ2v) is 9.14. The third-order valence-electron chi connectivity index (χ3n) is 5.95. The molecule has 1 N–H and O–H groups in total. The van der Waals surface area contributed by atoms with E-state index in [0.29, 0.717) is 17.1 Å². The van der Waals surface area contributed by atoms with Gasteiger partial charge >= 0.3 is 0 Å². The first-order valence-electron chi connectivity index (χ1n) is 11.4. The molecular formula is C28H20N4O3S. The van der Waals surface area contributed by atoms with Gasteiger partial charge in [0.05, 0.1) is 17.1 Å². The van der Waals surface area contributed by atoms with Gasteiger partial charge < -0.3 is 10.1 Å². The lowest BCUT2D eigenvalue weighted by Crippen LogP contribution is -2.43. The van der Waals surface area contributed by atoms with E-state index >= 15 is 0 Å². The molecule has 0 unspecified atom stereocenters. The zero-order valence-corrected chi connectivity index (χ0v) is 19.9. The quantitative estimate of drug-likeness (QED) is 0.356. The van der Waals surface area contributed by atoms with E-state index in [0.717, 1.165) is 32.7 Å². The molecule has 2 amide bonds. The standard InChI is InChI=1S/C28H20N4O3S/c33-26(30-21-10-5-7-18-6-1-2-8-20(18)21)15-32-24-14-19(11-12-25(24)35-16-27(32)34)23-17-36-28(31-23)22-9-3-4-13-29-22/h1-14,17H,15-16H2,(H,30,33). The van der Waals surface area contributed by atoms with Crippen LogP contribution in [0.5, 0.6) is 5.75 Å². The van der Waals surface area contributed by atoms with E-state index in [-0.39, 0.29) is 25.0 Å². The number of aromatic nitrogens is 2. The van der Waals surface area contributed by atoms with E-state index in [9.17, 15) is 9.59 Å². The number of nitrogens with one attached hydrogen (secondary N) is 1. The lowest BCUT2D eigenvalue weighted by Gasteiger charge is -2.29. The summed E-state index contributed by atoms with van der Waals surface area (Å²) in [7, 11) is 0. The largest absolute Gasteiger partial charge is 0.482 e. The van der Waals surface area contributed by atoms with Crippen LogP contribution in [0.2, 0.25) is 0 Å². The number of rotatable bonds is 5. The number of hydrogen-bond acceptors (Lipinski definition) is 6. The summed E-state index contributed by atoms with van der Waals surface area (Å²) in [6.45, 7) is -0.244. The molecule has 8 heteroatoms. The van der Waals surface area contributed by atoms with Gasteiger partial charge in [0.15, 0.2) is 6.61 Å². The highest BCUT2D eigenvalue weighted by Gasteiger charge is 2.28. The maximum absolute atomic E-state index is 13.0. The summed E-state index contributed by atoms with van der Waals surface area (Å²) in [5, 5.41) is 7.69. The molecule has 1 aliphatic heterocycles. The Morgan fingerprint density at radius 2 is 1.86 bits per heavy atom. The predicted octanol–water partition coefficient (Wildman–Crippen LogP) is 5.39. The summed E-state index contributed by atoms with van der Waals surface area (Å²) >= 11 is 1.50. The molecule has 1 aliphatic rings. The monoisotopic (exact) mass is 492 g/mol. The van der Waals surface area contributed by atoms with E-state index < -0.39 is 0 Å². The van der Waals surface area contributed by atoms with Crippen LogP contribution < -0.4 is 15.0 Å². The summed E-state index contributed by atoms with van der Waals surface area (Å²) in [6.07, 6.45) is 1.74. The second kappa shape index (κ2) is 9.24. The van der Waals surface area contributed by atoms with Crippen LogP contribution in [0.3, 0.4) is 0 Å². The molecule has 6 rings (SSSR count). The number of amides is 2. The van der Waals surface area contributed by atoms with E-state index in [1.165, 1.54) is 16.2 Å². The lowest BCUT2D eigenvalue weighted by atomic mass is 10.1. The third-order valence-corrected chi connectivity index (χ3v) is 6.82. The van der Waals surface area contributed by atoms with Gasteiger partial charge in [0.25, 0.3) is 5.91 Å². The number of pyridine rings is 1. The van der Waals surface area contributed by atoms with Gasteiger partial charge in [0.2, 0.25) is 5.91 Å². The van der Waals surface area contributed by atoms with Gasteiger partial charge in [-0.3, -0.25) is 19.5 Å². The highest BCUT2D eigenvalue weighted by atomic mass is 32.1. The van der Waals surface area contributed by atoms with Crippen molar-refractivity contribution in [2.24, 2.45) is 0 Å². The molecule has 0 saturated heterocycles. The number of thiazole rings is 1. The van der Waals surface area contributed by atoms with Gasteiger partial charge in [-0.2, -0.15) is 0 Å². The zero-order chi connectivity index (χ0) is 24.5. The minimum absolute atomic E-state index is 0.117. The topological polar surface area (TPSA) is 84.4 Å². The van der Waals surface area contributed by atoms with E-state index in [2.05, 4.69) is 10.3 Å². The van der Waals surface area contributed by atoms with Crippen molar-refractivity contribution in [1.29, 1.82) is 0 Å². The van der Waals surface area contributed by atoms with Crippen molar-refractivity contribution in [3.05, 3.63) is 90.4 Å². The zero-order valence-electron chi connectivity index (χ0n) is 19.0. The molecule has 0 bridgehead atoms. The fourth-order valence-corrected chi connectivity index (χ4v) is 5.02. The van der Waals surface area contributed by atoms with Crippen LogP contribution in [0.25, 0.3) is 32.7 Å². The van der Waals surface area contributed by atoms with Crippen LogP contribution in [0, 0.1) is 0 Å². The Hall–Kier alpha value is -4.56. The van der Waals surface area contributed by atoms with Crippen molar-refractivity contribution < 1.29 is 14.3 Å². The van der Waals surface area contributed by atoms with Crippen molar-refractivity contribution in [1.82, 2.24) is 9.97 Å². The average molecular weight is 493 g/mol. The number of fused-ring (bicyclic) bond motifs is 2. The molecule has 3 aromatic carbocycles. The fraction of sp³-hybridized carbons (Fsp3) is 0.0714. The number of ether oxygens (including phenoxy) is 1. The molecule has 3 heterocycles. The summed E-state index contributed by atoms with van der Waals surface area (Å²) in [5.41, 5.74) is 3.64. The second-order valence-electron chi connectivity index (χ2n) is 8.28. The summed E-state index contributed by atoms with van der Waals surface area (Å²) in [6, 6.07) is 24.8. The molecule has 0 radical (unpaired) electrons. The third kappa shape index (κ3) is 4.18. The molecular weight excluding hydrogens is 472 g/mol. The molecule has 176 valence electrons. The Morgan fingerprint density at radius 3 is 2.75 bits per heavy atom. The Morgan fingerprint density at radius 1 is 1.00 bits per heavy atom.